The summed E-state index contributed by atoms with van der Waals surface area (Å²) < 4.78 is 5.25. The lowest BCUT2D eigenvalue weighted by Crippen LogP contribution is -2.16. The van der Waals surface area contributed by atoms with Crippen molar-refractivity contribution in [3.05, 3.63) is 35.4 Å². The van der Waals surface area contributed by atoms with Crippen LogP contribution in [0.5, 0.6) is 0 Å². The van der Waals surface area contributed by atoms with Gasteiger partial charge in [-0.05, 0) is 44.1 Å². The van der Waals surface area contributed by atoms with E-state index in [2.05, 4.69) is 18.7 Å². The summed E-state index contributed by atoms with van der Waals surface area (Å²) in [5.74, 6) is 0.197. The molecule has 0 saturated heterocycles. The van der Waals surface area contributed by atoms with Gasteiger partial charge in [0.15, 0.2) is 0 Å². The normalized spacial score (nSPS) is 11.0. The van der Waals surface area contributed by atoms with Gasteiger partial charge in [0.1, 0.15) is 0 Å². The van der Waals surface area contributed by atoms with Crippen LogP contribution < -0.4 is 0 Å². The van der Waals surface area contributed by atoms with E-state index in [1.54, 1.807) is 6.07 Å². The second-order valence-corrected chi connectivity index (χ2v) is 5.07. The van der Waals surface area contributed by atoms with E-state index in [4.69, 9.17) is 4.74 Å². The lowest BCUT2D eigenvalue weighted by atomic mass is 10.0. The van der Waals surface area contributed by atoms with Crippen LogP contribution in [0.3, 0.4) is 0 Å². The molecule has 1 rings (SSSR count). The van der Waals surface area contributed by atoms with Crippen LogP contribution >= 0.6 is 0 Å². The summed E-state index contributed by atoms with van der Waals surface area (Å²) in [5, 5.41) is 0. The molecular weight excluding hydrogens is 226 g/mol. The first kappa shape index (κ1) is 14.7. The molecule has 0 aliphatic carbocycles. The molecule has 0 atom stereocenters. The van der Waals surface area contributed by atoms with Gasteiger partial charge in [-0.2, -0.15) is 0 Å². The van der Waals surface area contributed by atoms with E-state index in [0.29, 0.717) is 18.1 Å². The van der Waals surface area contributed by atoms with E-state index in [9.17, 15) is 4.79 Å². The summed E-state index contributed by atoms with van der Waals surface area (Å²) in [6.07, 6.45) is 0.864. The van der Waals surface area contributed by atoms with E-state index in [1.807, 2.05) is 32.3 Å². The van der Waals surface area contributed by atoms with Crippen molar-refractivity contribution in [3.63, 3.8) is 0 Å². The van der Waals surface area contributed by atoms with Gasteiger partial charge in [0.25, 0.3) is 0 Å². The first-order valence-electron chi connectivity index (χ1n) is 6.42. The number of benzene rings is 1. The van der Waals surface area contributed by atoms with Crippen LogP contribution in [0.1, 0.15) is 42.1 Å². The van der Waals surface area contributed by atoms with Gasteiger partial charge in [0.2, 0.25) is 0 Å². The van der Waals surface area contributed by atoms with Crippen molar-refractivity contribution in [1.29, 1.82) is 0 Å². The first-order chi connectivity index (χ1) is 8.50. The van der Waals surface area contributed by atoms with Crippen LogP contribution in [0.2, 0.25) is 0 Å². The summed E-state index contributed by atoms with van der Waals surface area (Å²) in [6, 6.07) is 7.67. The van der Waals surface area contributed by atoms with Gasteiger partial charge in [0.05, 0.1) is 12.2 Å². The molecule has 0 unspecified atom stereocenters. The SMILES string of the molecule is CC(C)c1cccc(C(=O)OCCCN(C)C)c1. The highest BCUT2D eigenvalue weighted by atomic mass is 16.5. The maximum Gasteiger partial charge on any atom is 0.338 e. The third-order valence-corrected chi connectivity index (χ3v) is 2.77. The first-order valence-corrected chi connectivity index (χ1v) is 6.42. The highest BCUT2D eigenvalue weighted by molar-refractivity contribution is 5.89. The minimum atomic E-state index is -0.226. The van der Waals surface area contributed by atoms with E-state index in [0.717, 1.165) is 18.5 Å². The van der Waals surface area contributed by atoms with Crippen LogP contribution in [0.25, 0.3) is 0 Å². The van der Waals surface area contributed by atoms with Crippen LogP contribution in [-0.4, -0.2) is 38.1 Å². The quantitative estimate of drug-likeness (QED) is 0.573. The number of carbonyl (C=O) groups excluding carboxylic acids is 1. The third-order valence-electron chi connectivity index (χ3n) is 2.77. The molecule has 3 heteroatoms. The number of esters is 1. The predicted molar refractivity (Wildman–Crippen MR) is 74.0 cm³/mol. The number of nitrogens with zero attached hydrogens (tertiary/aromatic N) is 1. The van der Waals surface area contributed by atoms with Crippen molar-refractivity contribution in [1.82, 2.24) is 4.90 Å². The Morgan fingerprint density at radius 1 is 1.33 bits per heavy atom. The van der Waals surface area contributed by atoms with Gasteiger partial charge in [-0.1, -0.05) is 26.0 Å². The molecule has 100 valence electrons. The highest BCUT2D eigenvalue weighted by Gasteiger charge is 2.08. The minimum Gasteiger partial charge on any atom is -0.462 e. The van der Waals surface area contributed by atoms with E-state index >= 15 is 0 Å². The van der Waals surface area contributed by atoms with Crippen molar-refractivity contribution in [2.24, 2.45) is 0 Å². The van der Waals surface area contributed by atoms with E-state index < -0.39 is 0 Å². The maximum absolute atomic E-state index is 11.8. The molecular formula is C15H23NO2. The fourth-order valence-corrected chi connectivity index (χ4v) is 1.65. The fourth-order valence-electron chi connectivity index (χ4n) is 1.65. The Bertz CT molecular complexity index is 386. The number of hydrogen-bond acceptors (Lipinski definition) is 3. The highest BCUT2D eigenvalue weighted by Crippen LogP contribution is 2.16. The van der Waals surface area contributed by atoms with Crippen molar-refractivity contribution >= 4 is 5.97 Å². The van der Waals surface area contributed by atoms with Crippen LogP contribution in [-0.2, 0) is 4.74 Å². The molecule has 0 bridgehead atoms. The summed E-state index contributed by atoms with van der Waals surface area (Å²) in [4.78, 5) is 13.9. The van der Waals surface area contributed by atoms with Crippen molar-refractivity contribution < 1.29 is 9.53 Å². The Balaban J connectivity index is 2.48. The topological polar surface area (TPSA) is 29.5 Å². The zero-order chi connectivity index (χ0) is 13.5. The molecule has 0 saturated carbocycles. The average molecular weight is 249 g/mol. The van der Waals surface area contributed by atoms with Crippen molar-refractivity contribution in [2.75, 3.05) is 27.2 Å². The van der Waals surface area contributed by atoms with Gasteiger partial charge in [0, 0.05) is 6.54 Å². The molecule has 3 nitrogen and oxygen atoms in total. The fraction of sp³-hybridized carbons (Fsp3) is 0.533. The summed E-state index contributed by atoms with van der Waals surface area (Å²) in [7, 11) is 4.02. The Hall–Kier alpha value is -1.35. The summed E-state index contributed by atoms with van der Waals surface area (Å²) >= 11 is 0. The zero-order valence-electron chi connectivity index (χ0n) is 11.8. The zero-order valence-corrected chi connectivity index (χ0v) is 11.8. The molecule has 0 N–H and O–H groups in total. The van der Waals surface area contributed by atoms with E-state index in [-0.39, 0.29) is 5.97 Å². The standard InChI is InChI=1S/C15H23NO2/c1-12(2)13-7-5-8-14(11-13)15(17)18-10-6-9-16(3)4/h5,7-8,11-12H,6,9-10H2,1-4H3. The summed E-state index contributed by atoms with van der Waals surface area (Å²) in [5.41, 5.74) is 1.81. The Morgan fingerprint density at radius 3 is 2.67 bits per heavy atom. The third kappa shape index (κ3) is 4.88. The molecule has 1 aromatic rings. The van der Waals surface area contributed by atoms with Gasteiger partial charge >= 0.3 is 5.97 Å². The lowest BCUT2D eigenvalue weighted by Gasteiger charge is -2.10. The molecule has 0 amide bonds. The van der Waals surface area contributed by atoms with Gasteiger partial charge < -0.3 is 9.64 Å². The average Bonchev–Trinajstić information content (AvgIpc) is 2.34. The second kappa shape index (κ2) is 7.17. The monoisotopic (exact) mass is 249 g/mol. The number of carbonyl (C=O) groups is 1. The Kier molecular flexibility index (Phi) is 5.86. The molecule has 0 aromatic heterocycles. The predicted octanol–water partition coefficient (Wildman–Crippen LogP) is 2.92. The molecule has 0 heterocycles. The van der Waals surface area contributed by atoms with Crippen LogP contribution in [0.15, 0.2) is 24.3 Å². The number of rotatable bonds is 6. The molecule has 0 fully saturated rings. The largest absolute Gasteiger partial charge is 0.462 e. The van der Waals surface area contributed by atoms with Gasteiger partial charge in [-0.25, -0.2) is 4.79 Å². The molecule has 0 spiro atoms. The Labute approximate surface area is 110 Å². The molecule has 0 aliphatic heterocycles. The number of hydrogen-bond donors (Lipinski definition) is 0. The van der Waals surface area contributed by atoms with Crippen molar-refractivity contribution in [2.45, 2.75) is 26.2 Å². The Morgan fingerprint density at radius 2 is 2.06 bits per heavy atom. The van der Waals surface area contributed by atoms with Crippen LogP contribution in [0.4, 0.5) is 0 Å². The maximum atomic E-state index is 11.8. The van der Waals surface area contributed by atoms with E-state index in [1.165, 1.54) is 0 Å². The number of ether oxygens (including phenoxy) is 1. The molecule has 18 heavy (non-hydrogen) atoms. The molecule has 0 aliphatic rings. The molecule has 0 radical (unpaired) electrons. The second-order valence-electron chi connectivity index (χ2n) is 5.07. The molecule has 1 aromatic carbocycles. The van der Waals surface area contributed by atoms with Gasteiger partial charge in [-0.15, -0.1) is 0 Å². The van der Waals surface area contributed by atoms with Gasteiger partial charge in [-0.3, -0.25) is 0 Å². The minimum absolute atomic E-state index is 0.226. The smallest absolute Gasteiger partial charge is 0.338 e. The van der Waals surface area contributed by atoms with Crippen molar-refractivity contribution in [3.8, 4) is 0 Å². The summed E-state index contributed by atoms with van der Waals surface area (Å²) in [6.45, 7) is 5.63. The van der Waals surface area contributed by atoms with Crippen LogP contribution in [0, 0.1) is 0 Å². The lowest BCUT2D eigenvalue weighted by molar-refractivity contribution is 0.0493.